The van der Waals surface area contributed by atoms with Gasteiger partial charge in [0.25, 0.3) is 0 Å². The molecule has 0 aromatic carbocycles. The van der Waals surface area contributed by atoms with Crippen LogP contribution in [0.25, 0.3) is 0 Å². The van der Waals surface area contributed by atoms with Gasteiger partial charge in [0.15, 0.2) is 0 Å². The molecule has 0 atom stereocenters. The summed E-state index contributed by atoms with van der Waals surface area (Å²) >= 11 is 0. The summed E-state index contributed by atoms with van der Waals surface area (Å²) in [6.45, 7) is 1.79. The van der Waals surface area contributed by atoms with Crippen molar-refractivity contribution in [1.82, 2.24) is 10.3 Å². The Morgan fingerprint density at radius 3 is 3.09 bits per heavy atom. The number of nitrogens with zero attached hydrogens (tertiary/aromatic N) is 1. The molecule has 11 heavy (non-hydrogen) atoms. The van der Waals surface area contributed by atoms with Gasteiger partial charge in [0, 0.05) is 19.5 Å². The van der Waals surface area contributed by atoms with Crippen molar-refractivity contribution in [2.45, 2.75) is 12.8 Å². The lowest BCUT2D eigenvalue weighted by atomic mass is 10.4. The molecule has 0 bridgehead atoms. The van der Waals surface area contributed by atoms with E-state index >= 15 is 0 Å². The van der Waals surface area contributed by atoms with Gasteiger partial charge in [-0.15, -0.1) is 0 Å². The first-order valence-corrected chi connectivity index (χ1v) is 3.73. The highest BCUT2D eigenvalue weighted by Crippen LogP contribution is 2.03. The lowest BCUT2D eigenvalue weighted by Crippen LogP contribution is -2.32. The molecule has 0 aliphatic carbocycles. The van der Waals surface area contributed by atoms with Crippen molar-refractivity contribution in [3.05, 3.63) is 12.3 Å². The minimum atomic E-state index is -0.106. The Morgan fingerprint density at radius 2 is 2.55 bits per heavy atom. The fraction of sp³-hybridized carbons (Fsp3) is 0.571. The van der Waals surface area contributed by atoms with Crippen LogP contribution in [0.4, 0.5) is 0 Å². The summed E-state index contributed by atoms with van der Waals surface area (Å²) in [6.07, 6.45) is 5.68. The third-order valence-electron chi connectivity index (χ3n) is 1.69. The predicted molar refractivity (Wildman–Crippen MR) is 42.3 cm³/mol. The molecule has 1 rings (SSSR count). The highest BCUT2D eigenvalue weighted by atomic mass is 16.2. The van der Waals surface area contributed by atoms with Gasteiger partial charge >= 0.3 is 0 Å². The maximum Gasteiger partial charge on any atom is 0.235 e. The van der Waals surface area contributed by atoms with Crippen molar-refractivity contribution in [3.8, 4) is 0 Å². The molecule has 1 aliphatic rings. The summed E-state index contributed by atoms with van der Waals surface area (Å²) in [5, 5.41) is 0. The summed E-state index contributed by atoms with van der Waals surface area (Å²) in [4.78, 5) is 12.8. The number of carbonyl (C=O) groups is 1. The van der Waals surface area contributed by atoms with E-state index in [4.69, 9.17) is 5.84 Å². The highest BCUT2D eigenvalue weighted by molar-refractivity contribution is 5.75. The molecule has 0 saturated heterocycles. The number of rotatable bonds is 3. The number of nitrogens with one attached hydrogen (secondary N) is 1. The van der Waals surface area contributed by atoms with Crippen LogP contribution in [0, 0.1) is 0 Å². The Balaban J connectivity index is 2.11. The van der Waals surface area contributed by atoms with Crippen LogP contribution < -0.4 is 11.3 Å². The van der Waals surface area contributed by atoms with Gasteiger partial charge in [-0.2, -0.15) is 0 Å². The first-order valence-electron chi connectivity index (χ1n) is 3.73. The average molecular weight is 155 g/mol. The van der Waals surface area contributed by atoms with Crippen LogP contribution in [0.2, 0.25) is 0 Å². The second-order valence-electron chi connectivity index (χ2n) is 2.53. The summed E-state index contributed by atoms with van der Waals surface area (Å²) in [5.74, 6) is 4.81. The van der Waals surface area contributed by atoms with E-state index in [9.17, 15) is 4.79 Å². The van der Waals surface area contributed by atoms with Gasteiger partial charge in [-0.05, 0) is 12.6 Å². The zero-order valence-electron chi connectivity index (χ0n) is 6.42. The summed E-state index contributed by atoms with van der Waals surface area (Å²) in [7, 11) is 0. The fourth-order valence-electron chi connectivity index (χ4n) is 1.04. The first-order chi connectivity index (χ1) is 5.33. The van der Waals surface area contributed by atoms with Crippen molar-refractivity contribution in [1.29, 1.82) is 0 Å². The van der Waals surface area contributed by atoms with Crippen LogP contribution in [0.15, 0.2) is 12.3 Å². The SMILES string of the molecule is NNC(=O)CCN1C=CCC1. The summed E-state index contributed by atoms with van der Waals surface area (Å²) in [6, 6.07) is 0. The van der Waals surface area contributed by atoms with E-state index in [0.29, 0.717) is 6.42 Å². The second-order valence-corrected chi connectivity index (χ2v) is 2.53. The van der Waals surface area contributed by atoms with Crippen LogP contribution in [0.3, 0.4) is 0 Å². The molecule has 1 amide bonds. The van der Waals surface area contributed by atoms with Gasteiger partial charge < -0.3 is 4.90 Å². The van der Waals surface area contributed by atoms with Gasteiger partial charge in [-0.3, -0.25) is 10.2 Å². The van der Waals surface area contributed by atoms with Crippen molar-refractivity contribution in [3.63, 3.8) is 0 Å². The Hall–Kier alpha value is -1.03. The number of hydrogen-bond acceptors (Lipinski definition) is 3. The Bertz CT molecular complexity index is 167. The molecular weight excluding hydrogens is 142 g/mol. The molecule has 1 heterocycles. The highest BCUT2D eigenvalue weighted by Gasteiger charge is 2.05. The molecule has 3 N–H and O–H groups in total. The molecule has 4 heteroatoms. The number of amides is 1. The average Bonchev–Trinajstić information content (AvgIpc) is 2.52. The van der Waals surface area contributed by atoms with Gasteiger partial charge in [0.1, 0.15) is 0 Å². The molecule has 0 unspecified atom stereocenters. The van der Waals surface area contributed by atoms with E-state index in [1.54, 1.807) is 0 Å². The molecule has 0 fully saturated rings. The quantitative estimate of drug-likeness (QED) is 0.331. The minimum absolute atomic E-state index is 0.106. The molecule has 0 aromatic rings. The van der Waals surface area contributed by atoms with Gasteiger partial charge in [0.2, 0.25) is 5.91 Å². The zero-order valence-corrected chi connectivity index (χ0v) is 6.42. The molecule has 0 radical (unpaired) electrons. The molecule has 62 valence electrons. The molecule has 0 spiro atoms. The number of hydrogen-bond donors (Lipinski definition) is 2. The van der Waals surface area contributed by atoms with Crippen LogP contribution in [-0.2, 0) is 4.79 Å². The van der Waals surface area contributed by atoms with E-state index < -0.39 is 0 Å². The van der Waals surface area contributed by atoms with Gasteiger partial charge in [-0.1, -0.05) is 6.08 Å². The third-order valence-corrected chi connectivity index (χ3v) is 1.69. The molecule has 4 nitrogen and oxygen atoms in total. The summed E-state index contributed by atoms with van der Waals surface area (Å²) < 4.78 is 0. The number of nitrogens with two attached hydrogens (primary N) is 1. The maximum atomic E-state index is 10.7. The van der Waals surface area contributed by atoms with E-state index in [-0.39, 0.29) is 5.91 Å². The second kappa shape index (κ2) is 3.98. The number of carbonyl (C=O) groups excluding carboxylic acids is 1. The largest absolute Gasteiger partial charge is 0.377 e. The van der Waals surface area contributed by atoms with Gasteiger partial charge in [-0.25, -0.2) is 5.84 Å². The monoisotopic (exact) mass is 155 g/mol. The van der Waals surface area contributed by atoms with Crippen molar-refractivity contribution in [2.75, 3.05) is 13.1 Å². The third kappa shape index (κ3) is 2.59. The van der Waals surface area contributed by atoms with E-state index in [0.717, 1.165) is 19.5 Å². The Kier molecular flexibility index (Phi) is 2.92. The fourth-order valence-corrected chi connectivity index (χ4v) is 1.04. The van der Waals surface area contributed by atoms with Crippen molar-refractivity contribution >= 4 is 5.91 Å². The van der Waals surface area contributed by atoms with Crippen molar-refractivity contribution < 1.29 is 4.79 Å². The standard InChI is InChI=1S/C7H13N3O/c8-9-7(11)3-6-10-4-1-2-5-10/h1,4H,2-3,5-6,8H2,(H,9,11). The van der Waals surface area contributed by atoms with E-state index in [1.165, 1.54) is 0 Å². The zero-order chi connectivity index (χ0) is 8.10. The Morgan fingerprint density at radius 1 is 1.73 bits per heavy atom. The smallest absolute Gasteiger partial charge is 0.235 e. The van der Waals surface area contributed by atoms with Crippen LogP contribution >= 0.6 is 0 Å². The summed E-state index contributed by atoms with van der Waals surface area (Å²) in [5.41, 5.74) is 2.10. The topological polar surface area (TPSA) is 58.4 Å². The van der Waals surface area contributed by atoms with Crippen LogP contribution in [-0.4, -0.2) is 23.9 Å². The minimum Gasteiger partial charge on any atom is -0.377 e. The predicted octanol–water partition coefficient (Wildman–Crippen LogP) is -0.414. The van der Waals surface area contributed by atoms with Crippen LogP contribution in [0.1, 0.15) is 12.8 Å². The van der Waals surface area contributed by atoms with E-state index in [1.807, 2.05) is 6.20 Å². The van der Waals surface area contributed by atoms with Gasteiger partial charge in [0.05, 0.1) is 0 Å². The van der Waals surface area contributed by atoms with Crippen molar-refractivity contribution in [2.24, 2.45) is 5.84 Å². The normalized spacial score (nSPS) is 15.5. The van der Waals surface area contributed by atoms with Crippen LogP contribution in [0.5, 0.6) is 0 Å². The molecular formula is C7H13N3O. The lowest BCUT2D eigenvalue weighted by molar-refractivity contribution is -0.121. The molecule has 0 aromatic heterocycles. The maximum absolute atomic E-state index is 10.7. The van der Waals surface area contributed by atoms with E-state index in [2.05, 4.69) is 16.4 Å². The Labute approximate surface area is 66.0 Å². The molecule has 1 aliphatic heterocycles. The lowest BCUT2D eigenvalue weighted by Gasteiger charge is -2.13. The molecule has 0 saturated carbocycles. The number of hydrazine groups is 1. The first kappa shape index (κ1) is 8.07.